The van der Waals surface area contributed by atoms with E-state index < -0.39 is 8.07 Å². The zero-order chi connectivity index (χ0) is 33.5. The van der Waals surface area contributed by atoms with Crippen molar-refractivity contribution < 1.29 is 0 Å². The van der Waals surface area contributed by atoms with E-state index in [1.807, 2.05) is 0 Å². The van der Waals surface area contributed by atoms with E-state index in [-0.39, 0.29) is 5.41 Å². The van der Waals surface area contributed by atoms with Gasteiger partial charge in [0.05, 0.1) is 24.8 Å². The number of fused-ring (bicyclic) bond motifs is 8. The summed E-state index contributed by atoms with van der Waals surface area (Å²) in [6.07, 6.45) is 0. The molecule has 0 amide bonds. The van der Waals surface area contributed by atoms with Crippen molar-refractivity contribution in [2.24, 2.45) is 0 Å². The Bertz CT molecular complexity index is 2500. The molecule has 0 bridgehead atoms. The molecule has 9 rings (SSSR count). The SMILES string of the molecule is CC1(C)c2cc(N(c3ccccc3)c3ccc([Si](C)(C)C)cc3)ccc2-c2c1cc(-n1c3ccccc3c3ccccc31)c1ccccc21. The van der Waals surface area contributed by atoms with Gasteiger partial charge in [-0.1, -0.05) is 136 Å². The second-order valence-corrected chi connectivity index (χ2v) is 20.1. The van der Waals surface area contributed by atoms with Gasteiger partial charge in [-0.05, 0) is 82.2 Å². The lowest BCUT2D eigenvalue weighted by molar-refractivity contribution is 0.660. The first-order chi connectivity index (χ1) is 23.7. The highest BCUT2D eigenvalue weighted by atomic mass is 28.3. The molecule has 2 nitrogen and oxygen atoms in total. The fourth-order valence-corrected chi connectivity index (χ4v) is 9.36. The highest BCUT2D eigenvalue weighted by molar-refractivity contribution is 6.88. The smallest absolute Gasteiger partial charge is 0.0775 e. The van der Waals surface area contributed by atoms with E-state index in [4.69, 9.17) is 0 Å². The van der Waals surface area contributed by atoms with Crippen LogP contribution >= 0.6 is 0 Å². The lowest BCUT2D eigenvalue weighted by Gasteiger charge is -2.29. The largest absolute Gasteiger partial charge is 0.310 e. The second-order valence-electron chi connectivity index (χ2n) is 15.1. The lowest BCUT2D eigenvalue weighted by Crippen LogP contribution is -2.37. The van der Waals surface area contributed by atoms with E-state index in [9.17, 15) is 0 Å². The standard InChI is InChI=1S/C46H40N2Si/c1-46(2)40-29-33(47(31-15-7-6-8-16-31)32-23-26-34(27-24-32)49(3,4)5)25-28-39(40)45-38-20-10-9-19-37(38)44(30-41(45)46)48-42-21-13-11-17-35(42)36-18-12-14-22-43(36)48/h6-30H,1-5H3. The normalized spacial score (nSPS) is 13.6. The Balaban J connectivity index is 1.26. The zero-order valence-electron chi connectivity index (χ0n) is 28.8. The van der Waals surface area contributed by atoms with Gasteiger partial charge in [-0.3, -0.25) is 0 Å². The lowest BCUT2D eigenvalue weighted by atomic mass is 9.81. The fourth-order valence-electron chi connectivity index (χ4n) is 8.19. The first kappa shape index (κ1) is 29.7. The summed E-state index contributed by atoms with van der Waals surface area (Å²) < 4.78 is 2.49. The van der Waals surface area contributed by atoms with Crippen LogP contribution < -0.4 is 10.1 Å². The van der Waals surface area contributed by atoms with E-state index in [2.05, 4.69) is 195 Å². The molecule has 0 unspecified atom stereocenters. The fraction of sp³-hybridized carbons (Fsp3) is 0.130. The summed E-state index contributed by atoms with van der Waals surface area (Å²) >= 11 is 0. The predicted octanol–water partition coefficient (Wildman–Crippen LogP) is 12.3. The second kappa shape index (κ2) is 10.8. The molecule has 3 heteroatoms. The van der Waals surface area contributed by atoms with Crippen molar-refractivity contribution in [3.63, 3.8) is 0 Å². The number of hydrogen-bond donors (Lipinski definition) is 0. The molecule has 7 aromatic carbocycles. The Morgan fingerprint density at radius 1 is 0.490 bits per heavy atom. The van der Waals surface area contributed by atoms with Crippen molar-refractivity contribution in [2.75, 3.05) is 4.90 Å². The van der Waals surface area contributed by atoms with Gasteiger partial charge in [0.1, 0.15) is 0 Å². The van der Waals surface area contributed by atoms with Gasteiger partial charge >= 0.3 is 0 Å². The van der Waals surface area contributed by atoms with E-state index in [0.29, 0.717) is 0 Å². The summed E-state index contributed by atoms with van der Waals surface area (Å²) in [4.78, 5) is 2.41. The molecule has 49 heavy (non-hydrogen) atoms. The van der Waals surface area contributed by atoms with Gasteiger partial charge in [0.25, 0.3) is 0 Å². The number of para-hydroxylation sites is 3. The molecule has 0 aliphatic heterocycles. The summed E-state index contributed by atoms with van der Waals surface area (Å²) in [6.45, 7) is 12.0. The third-order valence-electron chi connectivity index (χ3n) is 10.7. The highest BCUT2D eigenvalue weighted by Crippen LogP contribution is 2.54. The third-order valence-corrected chi connectivity index (χ3v) is 12.8. The van der Waals surface area contributed by atoms with Crippen molar-refractivity contribution in [2.45, 2.75) is 38.9 Å². The van der Waals surface area contributed by atoms with Crippen LogP contribution in [0, 0.1) is 0 Å². The number of benzene rings is 7. The molecule has 1 aliphatic carbocycles. The molecule has 0 radical (unpaired) electrons. The van der Waals surface area contributed by atoms with Crippen molar-refractivity contribution >= 4 is 62.9 Å². The molecule has 0 saturated carbocycles. The van der Waals surface area contributed by atoms with E-state index in [1.54, 1.807) is 0 Å². The first-order valence-corrected chi connectivity index (χ1v) is 20.9. The summed E-state index contributed by atoms with van der Waals surface area (Å²) in [5.41, 5.74) is 12.5. The number of rotatable bonds is 5. The molecular weight excluding hydrogens is 609 g/mol. The van der Waals surface area contributed by atoms with Crippen molar-refractivity contribution in [1.29, 1.82) is 0 Å². The molecule has 238 valence electrons. The average molecular weight is 649 g/mol. The summed E-state index contributed by atoms with van der Waals surface area (Å²) in [5, 5.41) is 6.62. The van der Waals surface area contributed by atoms with Crippen LogP contribution in [0.2, 0.25) is 19.6 Å². The Hall–Kier alpha value is -5.38. The van der Waals surface area contributed by atoms with Crippen molar-refractivity contribution in [3.05, 3.63) is 163 Å². The van der Waals surface area contributed by atoms with Gasteiger partial charge in [-0.15, -0.1) is 0 Å². The number of hydrogen-bond acceptors (Lipinski definition) is 1. The van der Waals surface area contributed by atoms with Crippen molar-refractivity contribution in [1.82, 2.24) is 4.57 Å². The van der Waals surface area contributed by atoms with Gasteiger partial charge in [0, 0.05) is 38.6 Å². The Labute approximate surface area is 289 Å². The molecule has 8 aromatic rings. The maximum absolute atomic E-state index is 2.49. The molecule has 1 aliphatic rings. The van der Waals surface area contributed by atoms with Crippen LogP contribution in [0.3, 0.4) is 0 Å². The summed E-state index contributed by atoms with van der Waals surface area (Å²) in [7, 11) is -1.42. The molecule has 1 heterocycles. The molecule has 0 atom stereocenters. The maximum Gasteiger partial charge on any atom is 0.0775 e. The van der Waals surface area contributed by atoms with Crippen LogP contribution in [0.25, 0.3) is 49.4 Å². The first-order valence-electron chi connectivity index (χ1n) is 17.4. The van der Waals surface area contributed by atoms with E-state index in [1.165, 1.54) is 77.1 Å². The van der Waals surface area contributed by atoms with Gasteiger partial charge in [0.2, 0.25) is 0 Å². The number of aromatic nitrogens is 1. The van der Waals surface area contributed by atoms with Gasteiger partial charge in [-0.25, -0.2) is 0 Å². The molecular formula is C46H40N2Si. The van der Waals surface area contributed by atoms with Gasteiger partial charge in [-0.2, -0.15) is 0 Å². The highest BCUT2D eigenvalue weighted by Gasteiger charge is 2.38. The van der Waals surface area contributed by atoms with Crippen LogP contribution in [0.1, 0.15) is 25.0 Å². The predicted molar refractivity (Wildman–Crippen MR) is 214 cm³/mol. The van der Waals surface area contributed by atoms with Crippen LogP contribution in [0.5, 0.6) is 0 Å². The summed E-state index contributed by atoms with van der Waals surface area (Å²) in [5.74, 6) is 0. The average Bonchev–Trinajstić information content (AvgIpc) is 3.57. The molecule has 0 N–H and O–H groups in total. The monoisotopic (exact) mass is 648 g/mol. The zero-order valence-corrected chi connectivity index (χ0v) is 29.8. The number of anilines is 3. The topological polar surface area (TPSA) is 8.17 Å². The molecule has 1 aromatic heterocycles. The Morgan fingerprint density at radius 2 is 1.02 bits per heavy atom. The van der Waals surface area contributed by atoms with Crippen LogP contribution in [-0.2, 0) is 5.41 Å². The molecule has 0 spiro atoms. The minimum absolute atomic E-state index is 0.206. The molecule has 0 fully saturated rings. The van der Waals surface area contributed by atoms with Gasteiger partial charge in [0.15, 0.2) is 0 Å². The maximum atomic E-state index is 2.49. The van der Waals surface area contributed by atoms with Crippen LogP contribution in [0.15, 0.2) is 152 Å². The van der Waals surface area contributed by atoms with Gasteiger partial charge < -0.3 is 9.47 Å². The number of nitrogens with zero attached hydrogens (tertiary/aromatic N) is 2. The van der Waals surface area contributed by atoms with Crippen LogP contribution in [0.4, 0.5) is 17.1 Å². The summed E-state index contributed by atoms with van der Waals surface area (Å²) in [6, 6.07) is 56.3. The quantitative estimate of drug-likeness (QED) is 0.169. The minimum atomic E-state index is -1.42. The van der Waals surface area contributed by atoms with E-state index >= 15 is 0 Å². The molecule has 0 saturated heterocycles. The Morgan fingerprint density at radius 3 is 1.65 bits per heavy atom. The van der Waals surface area contributed by atoms with Crippen molar-refractivity contribution in [3.8, 4) is 16.8 Å². The third kappa shape index (κ3) is 4.53. The Kier molecular flexibility index (Phi) is 6.56. The van der Waals surface area contributed by atoms with E-state index in [0.717, 1.165) is 5.69 Å². The van der Waals surface area contributed by atoms with Crippen LogP contribution in [-0.4, -0.2) is 12.6 Å². The minimum Gasteiger partial charge on any atom is -0.310 e.